The molecule has 0 aliphatic carbocycles. The van der Waals surface area contributed by atoms with Gasteiger partial charge in [-0.05, 0) is 25.0 Å². The Hall–Kier alpha value is -4.55. The number of hydrogen-bond acceptors (Lipinski definition) is 8. The summed E-state index contributed by atoms with van der Waals surface area (Å²) in [7, 11) is 1.60. The van der Waals surface area contributed by atoms with E-state index < -0.39 is 0 Å². The topological polar surface area (TPSA) is 146 Å². The highest BCUT2D eigenvalue weighted by atomic mass is 35.5. The van der Waals surface area contributed by atoms with Crippen molar-refractivity contribution < 1.29 is 14.3 Å². The molecule has 2 aliphatic heterocycles. The maximum absolute atomic E-state index is 11.5. The van der Waals surface area contributed by atoms with Crippen molar-refractivity contribution in [2.45, 2.75) is 50.9 Å². The molecular weight excluding hydrogens is 663 g/mol. The summed E-state index contributed by atoms with van der Waals surface area (Å²) in [6.45, 7) is 2.44. The molecule has 2 unspecified atom stereocenters. The largest absolute Gasteiger partial charge is 0.481 e. The van der Waals surface area contributed by atoms with Crippen molar-refractivity contribution in [1.82, 2.24) is 41.4 Å². The number of fused-ring (bicyclic) bond motifs is 1. The molecule has 0 bridgehead atoms. The van der Waals surface area contributed by atoms with Gasteiger partial charge >= 0.3 is 0 Å². The highest BCUT2D eigenvalue weighted by molar-refractivity contribution is 6.39. The molecule has 2 saturated heterocycles. The smallest absolute Gasteiger partial charge is 0.220 e. The number of rotatable bonds is 12. The number of H-pyrrole nitrogens is 1. The molecule has 5 N–H and O–H groups in total. The van der Waals surface area contributed by atoms with Crippen molar-refractivity contribution in [2.75, 3.05) is 20.2 Å². The SMILES string of the molecule is COc1nc(-c2cccc(-c3cccc(-c4cnc5[nH]nc(CNCC6CCC(=O)N6)c5c4)c3Cl)c2Cl)ccc1CNCC1CCC(=O)N1. The quantitative estimate of drug-likeness (QED) is 0.116. The van der Waals surface area contributed by atoms with Crippen LogP contribution in [0.15, 0.2) is 60.8 Å². The van der Waals surface area contributed by atoms with Gasteiger partial charge in [0.05, 0.1) is 28.5 Å². The zero-order valence-electron chi connectivity index (χ0n) is 26.9. The molecule has 13 heteroatoms. The van der Waals surface area contributed by atoms with E-state index in [-0.39, 0.29) is 23.9 Å². The number of aromatic nitrogens is 4. The highest BCUT2D eigenvalue weighted by Gasteiger charge is 2.22. The van der Waals surface area contributed by atoms with E-state index in [1.807, 2.05) is 54.6 Å². The van der Waals surface area contributed by atoms with E-state index >= 15 is 0 Å². The molecule has 2 amide bonds. The number of halogens is 2. The summed E-state index contributed by atoms with van der Waals surface area (Å²) < 4.78 is 5.65. The summed E-state index contributed by atoms with van der Waals surface area (Å²) in [6, 6.07) is 17.9. The van der Waals surface area contributed by atoms with Crippen LogP contribution >= 0.6 is 23.2 Å². The van der Waals surface area contributed by atoms with Crippen molar-refractivity contribution in [3.63, 3.8) is 0 Å². The van der Waals surface area contributed by atoms with Crippen LogP contribution in [0.3, 0.4) is 0 Å². The maximum Gasteiger partial charge on any atom is 0.220 e. The molecule has 49 heavy (non-hydrogen) atoms. The zero-order chi connectivity index (χ0) is 33.9. The van der Waals surface area contributed by atoms with E-state index in [9.17, 15) is 9.59 Å². The van der Waals surface area contributed by atoms with Crippen LogP contribution in [-0.4, -0.2) is 64.3 Å². The first-order chi connectivity index (χ1) is 23.9. The molecule has 2 atom stereocenters. The van der Waals surface area contributed by atoms with Gasteiger partial charge in [0.15, 0.2) is 5.65 Å². The third-order valence-electron chi connectivity index (χ3n) is 9.06. The molecule has 7 rings (SSSR count). The van der Waals surface area contributed by atoms with Crippen molar-refractivity contribution in [1.29, 1.82) is 0 Å². The second-order valence-electron chi connectivity index (χ2n) is 12.4. The van der Waals surface area contributed by atoms with E-state index in [0.717, 1.165) is 57.3 Å². The van der Waals surface area contributed by atoms with Gasteiger partial charge in [-0.3, -0.25) is 14.7 Å². The molecule has 2 aromatic carbocycles. The summed E-state index contributed by atoms with van der Waals surface area (Å²) >= 11 is 14.2. The van der Waals surface area contributed by atoms with Gasteiger partial charge in [0.1, 0.15) is 0 Å². The van der Waals surface area contributed by atoms with Crippen molar-refractivity contribution in [3.05, 3.63) is 82.1 Å². The van der Waals surface area contributed by atoms with E-state index in [0.29, 0.717) is 66.3 Å². The summed E-state index contributed by atoms with van der Waals surface area (Å²) in [5.41, 5.74) is 7.08. The van der Waals surface area contributed by atoms with Crippen LogP contribution in [0.25, 0.3) is 44.5 Å². The van der Waals surface area contributed by atoms with Crippen LogP contribution in [0.1, 0.15) is 36.9 Å². The van der Waals surface area contributed by atoms with Gasteiger partial charge in [-0.15, -0.1) is 0 Å². The minimum Gasteiger partial charge on any atom is -0.481 e. The van der Waals surface area contributed by atoms with Crippen LogP contribution in [0, 0.1) is 0 Å². The molecule has 5 heterocycles. The Kier molecular flexibility index (Phi) is 9.77. The molecular formula is C36H36Cl2N8O3. The number of amides is 2. The number of ether oxygens (including phenoxy) is 1. The van der Waals surface area contributed by atoms with Gasteiger partial charge in [-0.2, -0.15) is 5.10 Å². The van der Waals surface area contributed by atoms with E-state index in [1.165, 1.54) is 0 Å². The number of methoxy groups -OCH3 is 1. The van der Waals surface area contributed by atoms with E-state index in [2.05, 4.69) is 36.4 Å². The number of nitrogens with zero attached hydrogens (tertiary/aromatic N) is 3. The second kappa shape index (κ2) is 14.5. The maximum atomic E-state index is 11.5. The number of aromatic amines is 1. The molecule has 0 radical (unpaired) electrons. The minimum atomic E-state index is 0.0987. The fourth-order valence-electron chi connectivity index (χ4n) is 6.47. The number of hydrogen-bond donors (Lipinski definition) is 5. The highest BCUT2D eigenvalue weighted by Crippen LogP contribution is 2.42. The van der Waals surface area contributed by atoms with Gasteiger partial charge in [0, 0.05) is 96.1 Å². The van der Waals surface area contributed by atoms with Gasteiger partial charge in [0.25, 0.3) is 0 Å². The number of benzene rings is 2. The average Bonchev–Trinajstić information content (AvgIpc) is 3.84. The molecule has 0 saturated carbocycles. The van der Waals surface area contributed by atoms with Crippen molar-refractivity contribution in [3.8, 4) is 39.4 Å². The van der Waals surface area contributed by atoms with Crippen LogP contribution in [0.4, 0.5) is 0 Å². The van der Waals surface area contributed by atoms with Crippen LogP contribution in [-0.2, 0) is 22.7 Å². The summed E-state index contributed by atoms with van der Waals surface area (Å²) in [5.74, 6) is 0.701. The molecule has 5 aromatic rings. The normalized spacial score (nSPS) is 17.4. The Balaban J connectivity index is 1.11. The van der Waals surface area contributed by atoms with Crippen LogP contribution < -0.4 is 26.0 Å². The first-order valence-corrected chi connectivity index (χ1v) is 17.1. The first-order valence-electron chi connectivity index (χ1n) is 16.3. The Bertz CT molecular complexity index is 2030. The first kappa shape index (κ1) is 33.0. The Morgan fingerprint density at radius 2 is 1.47 bits per heavy atom. The molecule has 11 nitrogen and oxygen atoms in total. The fraction of sp³-hybridized carbons (Fsp3) is 0.306. The summed E-state index contributed by atoms with van der Waals surface area (Å²) in [4.78, 5) is 32.5. The number of carbonyl (C=O) groups is 2. The van der Waals surface area contributed by atoms with E-state index in [4.69, 9.17) is 32.9 Å². The standard InChI is InChI=1S/C36H36Cl2N8O3/c1-49-36-20(15-39-17-22-9-12-31(47)42-22)8-11-29(44-36)27-7-3-6-26(34(27)38)25-5-2-4-24(33(25)37)21-14-28-30(45-46-35(28)41-16-21)19-40-18-23-10-13-32(48)43-23/h2-8,11,14,16,22-23,39-40H,9-10,12-13,15,17-19H2,1H3,(H,42,47)(H,43,48)(H,41,45,46). The summed E-state index contributed by atoms with van der Waals surface area (Å²) in [5, 5.41) is 22.2. The van der Waals surface area contributed by atoms with E-state index in [1.54, 1.807) is 13.3 Å². The average molecular weight is 700 g/mol. The fourth-order valence-corrected chi connectivity index (χ4v) is 7.14. The third kappa shape index (κ3) is 7.11. The summed E-state index contributed by atoms with van der Waals surface area (Å²) in [6.07, 6.45) is 4.59. The number of nitrogens with one attached hydrogen (secondary N) is 5. The third-order valence-corrected chi connectivity index (χ3v) is 9.88. The molecule has 252 valence electrons. The predicted molar refractivity (Wildman–Crippen MR) is 190 cm³/mol. The second-order valence-corrected chi connectivity index (χ2v) is 13.1. The Morgan fingerprint density at radius 3 is 2.12 bits per heavy atom. The van der Waals surface area contributed by atoms with Crippen LogP contribution in [0.2, 0.25) is 10.0 Å². The lowest BCUT2D eigenvalue weighted by Crippen LogP contribution is -2.35. The lowest BCUT2D eigenvalue weighted by molar-refractivity contribution is -0.120. The van der Waals surface area contributed by atoms with Gasteiger partial charge in [-0.25, -0.2) is 9.97 Å². The zero-order valence-corrected chi connectivity index (χ0v) is 28.4. The minimum absolute atomic E-state index is 0.0987. The monoisotopic (exact) mass is 698 g/mol. The Morgan fingerprint density at radius 1 is 0.837 bits per heavy atom. The molecule has 3 aromatic heterocycles. The number of carbonyl (C=O) groups excluding carboxylic acids is 2. The van der Waals surface area contributed by atoms with Gasteiger partial charge < -0.3 is 26.0 Å². The van der Waals surface area contributed by atoms with Crippen LogP contribution in [0.5, 0.6) is 5.88 Å². The van der Waals surface area contributed by atoms with Crippen molar-refractivity contribution in [2.24, 2.45) is 0 Å². The predicted octanol–water partition coefficient (Wildman–Crippen LogP) is 5.41. The number of pyridine rings is 2. The van der Waals surface area contributed by atoms with Gasteiger partial charge in [0.2, 0.25) is 17.7 Å². The van der Waals surface area contributed by atoms with Gasteiger partial charge in [-0.1, -0.05) is 65.7 Å². The lowest BCUT2D eigenvalue weighted by atomic mass is 9.97. The Labute approximate surface area is 293 Å². The molecule has 2 fully saturated rings. The molecule has 0 spiro atoms. The molecule has 2 aliphatic rings. The van der Waals surface area contributed by atoms with Crippen molar-refractivity contribution >= 4 is 46.0 Å². The lowest BCUT2D eigenvalue weighted by Gasteiger charge is -2.15.